The summed E-state index contributed by atoms with van der Waals surface area (Å²) in [6.07, 6.45) is -10.1. The van der Waals surface area contributed by atoms with Gasteiger partial charge >= 0.3 is 12.4 Å². The Balaban J connectivity index is 1.70. The lowest BCUT2D eigenvalue weighted by molar-refractivity contribution is -0.143. The number of hydrogen-bond donors (Lipinski definition) is 1. The second-order valence-electron chi connectivity index (χ2n) is 7.29. The summed E-state index contributed by atoms with van der Waals surface area (Å²) in [5.41, 5.74) is -2.34. The van der Waals surface area contributed by atoms with E-state index in [1.165, 1.54) is 0 Å². The van der Waals surface area contributed by atoms with E-state index in [2.05, 4.69) is 5.32 Å². The van der Waals surface area contributed by atoms with E-state index in [0.29, 0.717) is 12.1 Å². The summed E-state index contributed by atoms with van der Waals surface area (Å²) >= 11 is 0. The summed E-state index contributed by atoms with van der Waals surface area (Å²) in [7, 11) is 0. The Labute approximate surface area is 173 Å². The van der Waals surface area contributed by atoms with E-state index in [1.807, 2.05) is 6.07 Å². The van der Waals surface area contributed by atoms with Gasteiger partial charge < -0.3 is 10.2 Å². The van der Waals surface area contributed by atoms with Gasteiger partial charge in [-0.05, 0) is 29.3 Å². The van der Waals surface area contributed by atoms with Crippen molar-refractivity contribution in [3.63, 3.8) is 0 Å². The first-order valence-electron chi connectivity index (χ1n) is 9.31. The van der Waals surface area contributed by atoms with Crippen molar-refractivity contribution in [1.29, 1.82) is 0 Å². The average Bonchev–Trinajstić information content (AvgIpc) is 3.06. The lowest BCUT2D eigenvalue weighted by Gasteiger charge is -2.19. The first-order valence-corrected chi connectivity index (χ1v) is 9.31. The van der Waals surface area contributed by atoms with Gasteiger partial charge in [-0.3, -0.25) is 9.59 Å². The lowest BCUT2D eigenvalue weighted by atomic mass is 10.0. The maximum Gasteiger partial charge on any atom is 0.416 e. The number of amides is 2. The largest absolute Gasteiger partial charge is 0.416 e. The highest BCUT2D eigenvalue weighted by atomic mass is 19.4. The number of halogens is 6. The fourth-order valence-corrected chi connectivity index (χ4v) is 3.36. The molecule has 0 bridgehead atoms. The molecule has 1 atom stereocenters. The third-order valence-electron chi connectivity index (χ3n) is 4.92. The Morgan fingerprint density at radius 1 is 0.935 bits per heavy atom. The van der Waals surface area contributed by atoms with Crippen molar-refractivity contribution in [2.24, 2.45) is 5.92 Å². The summed E-state index contributed by atoms with van der Waals surface area (Å²) < 4.78 is 78.1. The van der Waals surface area contributed by atoms with Gasteiger partial charge in [-0.15, -0.1) is 0 Å². The van der Waals surface area contributed by atoms with Gasteiger partial charge in [0.15, 0.2) is 0 Å². The predicted octanol–water partition coefficient (Wildman–Crippen LogP) is 4.39. The number of benzene rings is 2. The van der Waals surface area contributed by atoms with Crippen LogP contribution >= 0.6 is 0 Å². The van der Waals surface area contributed by atoms with Gasteiger partial charge in [-0.25, -0.2) is 0 Å². The van der Waals surface area contributed by atoms with Gasteiger partial charge in [0, 0.05) is 26.1 Å². The van der Waals surface area contributed by atoms with Crippen LogP contribution in [-0.2, 0) is 35.0 Å². The van der Waals surface area contributed by atoms with Gasteiger partial charge in [0.1, 0.15) is 0 Å². The van der Waals surface area contributed by atoms with Gasteiger partial charge in [0.25, 0.3) is 0 Å². The molecule has 2 amide bonds. The molecule has 1 N–H and O–H groups in total. The molecule has 4 nitrogen and oxygen atoms in total. The topological polar surface area (TPSA) is 49.4 Å². The number of nitrogens with one attached hydrogen (secondary N) is 1. The molecule has 1 saturated heterocycles. The molecule has 0 unspecified atom stereocenters. The highest BCUT2D eigenvalue weighted by Crippen LogP contribution is 2.36. The number of carbonyl (C=O) groups excluding carboxylic acids is 2. The second kappa shape index (κ2) is 8.60. The highest BCUT2D eigenvalue weighted by Gasteiger charge is 2.38. The van der Waals surface area contributed by atoms with Crippen molar-refractivity contribution < 1.29 is 35.9 Å². The zero-order valence-electron chi connectivity index (χ0n) is 16.1. The molecule has 0 aliphatic carbocycles. The highest BCUT2D eigenvalue weighted by molar-refractivity contribution is 5.89. The summed E-state index contributed by atoms with van der Waals surface area (Å²) in [5.74, 6) is -1.64. The molecule has 166 valence electrons. The van der Waals surface area contributed by atoms with Crippen LogP contribution in [0, 0.1) is 5.92 Å². The Morgan fingerprint density at radius 2 is 1.52 bits per heavy atom. The minimum absolute atomic E-state index is 0.0368. The van der Waals surface area contributed by atoms with Crippen LogP contribution in [0.4, 0.5) is 26.3 Å². The normalized spacial score (nSPS) is 17.2. The molecule has 3 rings (SSSR count). The molecular formula is C21H18F6N2O2. The van der Waals surface area contributed by atoms with Crippen molar-refractivity contribution in [3.05, 3.63) is 70.8 Å². The SMILES string of the molecule is O=C(NCc1ccccc1)[C@@H]1CC(=O)N(Cc2cc(C(F)(F)F)cc(C(F)(F)F)c2)C1. The molecule has 0 radical (unpaired) electrons. The van der Waals surface area contributed by atoms with Crippen LogP contribution in [0.2, 0.25) is 0 Å². The van der Waals surface area contributed by atoms with E-state index in [9.17, 15) is 35.9 Å². The van der Waals surface area contributed by atoms with Gasteiger partial charge in [0.2, 0.25) is 11.8 Å². The molecule has 0 spiro atoms. The molecule has 2 aromatic carbocycles. The summed E-state index contributed by atoms with van der Waals surface area (Å²) in [6, 6.07) is 10.2. The fourth-order valence-electron chi connectivity index (χ4n) is 3.36. The smallest absolute Gasteiger partial charge is 0.352 e. The monoisotopic (exact) mass is 444 g/mol. The molecule has 1 aliphatic rings. The van der Waals surface area contributed by atoms with Crippen molar-refractivity contribution >= 4 is 11.8 Å². The fraction of sp³-hybridized carbons (Fsp3) is 0.333. The molecule has 31 heavy (non-hydrogen) atoms. The average molecular weight is 444 g/mol. The van der Waals surface area contributed by atoms with Crippen molar-refractivity contribution in [2.45, 2.75) is 31.9 Å². The van der Waals surface area contributed by atoms with E-state index >= 15 is 0 Å². The van der Waals surface area contributed by atoms with E-state index in [-0.39, 0.29) is 31.1 Å². The van der Waals surface area contributed by atoms with Crippen LogP contribution in [0.3, 0.4) is 0 Å². The minimum Gasteiger partial charge on any atom is -0.352 e. The molecule has 1 aliphatic heterocycles. The Bertz CT molecular complexity index is 924. The predicted molar refractivity (Wildman–Crippen MR) is 98.3 cm³/mol. The van der Waals surface area contributed by atoms with Crippen LogP contribution in [0.1, 0.15) is 28.7 Å². The van der Waals surface area contributed by atoms with Gasteiger partial charge in [-0.1, -0.05) is 30.3 Å². The number of hydrogen-bond acceptors (Lipinski definition) is 2. The van der Waals surface area contributed by atoms with Crippen molar-refractivity contribution in [2.75, 3.05) is 6.54 Å². The van der Waals surface area contributed by atoms with Gasteiger partial charge in [-0.2, -0.15) is 26.3 Å². The van der Waals surface area contributed by atoms with Crippen LogP contribution in [-0.4, -0.2) is 23.3 Å². The number of rotatable bonds is 5. The Kier molecular flexibility index (Phi) is 6.28. The standard InChI is InChI=1S/C21H18F6N2O2/c22-20(23,24)16-6-14(7-17(9-16)21(25,26)27)11-29-12-15(8-18(29)30)19(31)28-10-13-4-2-1-3-5-13/h1-7,9,15H,8,10-12H2,(H,28,31)/t15-/m1/s1. The summed E-state index contributed by atoms with van der Waals surface area (Å²) in [4.78, 5) is 25.7. The summed E-state index contributed by atoms with van der Waals surface area (Å²) in [6.45, 7) is -0.293. The molecule has 0 aromatic heterocycles. The van der Waals surface area contributed by atoms with Crippen LogP contribution in [0.5, 0.6) is 0 Å². The van der Waals surface area contributed by atoms with Crippen LogP contribution in [0.25, 0.3) is 0 Å². The molecule has 1 fully saturated rings. The van der Waals surface area contributed by atoms with Gasteiger partial charge in [0.05, 0.1) is 17.0 Å². The van der Waals surface area contributed by atoms with Crippen LogP contribution in [0.15, 0.2) is 48.5 Å². The van der Waals surface area contributed by atoms with E-state index in [1.54, 1.807) is 24.3 Å². The quantitative estimate of drug-likeness (QED) is 0.696. The number of nitrogens with zero attached hydrogens (tertiary/aromatic N) is 1. The van der Waals surface area contributed by atoms with Crippen molar-refractivity contribution in [1.82, 2.24) is 10.2 Å². The Hall–Kier alpha value is -3.04. The van der Waals surface area contributed by atoms with Crippen LogP contribution < -0.4 is 5.32 Å². The Morgan fingerprint density at radius 3 is 2.06 bits per heavy atom. The number of likely N-dealkylation sites (tertiary alicyclic amines) is 1. The van der Waals surface area contributed by atoms with E-state index in [4.69, 9.17) is 0 Å². The third-order valence-corrected chi connectivity index (χ3v) is 4.92. The molecule has 2 aromatic rings. The molecule has 1 heterocycles. The first kappa shape index (κ1) is 22.6. The zero-order chi connectivity index (χ0) is 22.8. The molecular weight excluding hydrogens is 426 g/mol. The third kappa shape index (κ3) is 5.77. The lowest BCUT2D eigenvalue weighted by Crippen LogP contribution is -2.32. The van der Waals surface area contributed by atoms with E-state index in [0.717, 1.165) is 10.5 Å². The zero-order valence-corrected chi connectivity index (χ0v) is 16.1. The number of alkyl halides is 6. The first-order chi connectivity index (χ1) is 14.4. The molecule has 0 saturated carbocycles. The second-order valence-corrected chi connectivity index (χ2v) is 7.29. The number of carbonyl (C=O) groups is 2. The maximum atomic E-state index is 13.0. The minimum atomic E-state index is -4.97. The van der Waals surface area contributed by atoms with Crippen molar-refractivity contribution in [3.8, 4) is 0 Å². The molecule has 10 heteroatoms. The van der Waals surface area contributed by atoms with E-state index < -0.39 is 47.8 Å². The summed E-state index contributed by atoms with van der Waals surface area (Å²) in [5, 5.41) is 2.69. The maximum absolute atomic E-state index is 13.0.